The lowest BCUT2D eigenvalue weighted by Crippen LogP contribution is -2.59. The molecule has 0 radical (unpaired) electrons. The van der Waals surface area contributed by atoms with Gasteiger partial charge < -0.3 is 77.2 Å². The van der Waals surface area contributed by atoms with Gasteiger partial charge in [0.15, 0.2) is 0 Å². The maximum absolute atomic E-state index is 14.7. The number of nitrogens with zero attached hydrogens (tertiary/aromatic N) is 4. The van der Waals surface area contributed by atoms with Crippen LogP contribution in [0.3, 0.4) is 0 Å². The van der Waals surface area contributed by atoms with Crippen LogP contribution in [0, 0.1) is 41.9 Å². The summed E-state index contributed by atoms with van der Waals surface area (Å²) >= 11 is 1.35. The first-order valence-electron chi connectivity index (χ1n) is 37.2. The van der Waals surface area contributed by atoms with E-state index in [0.717, 1.165) is 18.4 Å². The molecule has 1 aliphatic carbocycles. The van der Waals surface area contributed by atoms with Gasteiger partial charge in [-0.3, -0.25) is 57.7 Å². The Morgan fingerprint density at radius 3 is 1.97 bits per heavy atom. The standard InChI is InChI=1S/C76H120N12O17S/c1-17-47(9)66(86(14)73(100)63(44(4)5)83-71(98)65(45(6)7)85(12)13)56(103-15)37-59(91)88-40-53(89)36-55(88)67(104-16)48(10)68(95)79-49(11)64(51-28-24-46(8)25-29-51)84-75(102)105-41-50-26-30-52(31-27-50)80-69(96)54(22-21-34-78-74(77)101)81-70(97)62(43(2)3)82-58(90)23-19-18-20-35-87-60(92)38-57(72(87)99)106-42-76(32-33-76)39-61(93)94/h24-31,43-45,47-49,53-57,62-67,89H,17-23,32-42H2,1-16H3,(H,79,95)(H,80,96)(H,81,97)(H,82,90)(H,83,98)(H,84,102)(H,93,94)(H3,77,78,101)/t47-,48+,49+,53-,54?,55-,56+,57?,62-,63-,64?,65-,66?,67+/m0/s1. The highest BCUT2D eigenvalue weighted by Gasteiger charge is 2.49. The summed E-state index contributed by atoms with van der Waals surface area (Å²) in [6.45, 7) is 20.4. The van der Waals surface area contributed by atoms with Crippen LogP contribution >= 0.6 is 11.8 Å². The molecule has 29 nitrogen and oxygen atoms in total. The Morgan fingerprint density at radius 2 is 1.41 bits per heavy atom. The minimum absolute atomic E-state index is 0.0274. The van der Waals surface area contributed by atoms with Crippen LogP contribution in [0.5, 0.6) is 0 Å². The monoisotopic (exact) mass is 1500 g/mol. The van der Waals surface area contributed by atoms with Gasteiger partial charge >= 0.3 is 18.1 Å². The number of unbranched alkanes of at least 4 members (excludes halogenated alkanes) is 2. The molecular weight excluding hydrogens is 1380 g/mol. The summed E-state index contributed by atoms with van der Waals surface area (Å²) in [6, 6.07) is 6.58. The maximum Gasteiger partial charge on any atom is 0.408 e. The van der Waals surface area contributed by atoms with Gasteiger partial charge in [0.2, 0.25) is 53.2 Å². The van der Waals surface area contributed by atoms with E-state index in [-0.39, 0.29) is 124 Å². The van der Waals surface area contributed by atoms with Crippen molar-refractivity contribution in [2.45, 2.75) is 238 Å². The van der Waals surface area contributed by atoms with E-state index in [1.54, 1.807) is 63.9 Å². The third-order valence-corrected chi connectivity index (χ3v) is 22.1. The lowest BCUT2D eigenvalue weighted by atomic mass is 9.89. The second-order valence-electron chi connectivity index (χ2n) is 30.3. The van der Waals surface area contributed by atoms with E-state index in [4.69, 9.17) is 19.9 Å². The summed E-state index contributed by atoms with van der Waals surface area (Å²) in [5.41, 5.74) is 7.44. The number of carbonyl (C=O) groups is 12. The molecule has 11 N–H and O–H groups in total. The molecule has 2 heterocycles. The van der Waals surface area contributed by atoms with Crippen molar-refractivity contribution in [3.05, 3.63) is 65.2 Å². The molecule has 592 valence electrons. The zero-order valence-electron chi connectivity index (χ0n) is 65.0. The van der Waals surface area contributed by atoms with Crippen molar-refractivity contribution < 1.29 is 82.0 Å². The fourth-order valence-electron chi connectivity index (χ4n) is 14.1. The zero-order chi connectivity index (χ0) is 79.0. The molecule has 14 atom stereocenters. The predicted molar refractivity (Wildman–Crippen MR) is 402 cm³/mol. The van der Waals surface area contributed by atoms with Gasteiger partial charge in [-0.25, -0.2) is 9.59 Å². The Balaban J connectivity index is 1.17. The number of nitrogens with one attached hydrogen (secondary N) is 7. The summed E-state index contributed by atoms with van der Waals surface area (Å²) < 4.78 is 17.8. The number of carboxylic acid groups (broad SMARTS) is 1. The number of aliphatic carboxylic acids is 1. The van der Waals surface area contributed by atoms with E-state index in [2.05, 4.69) is 37.2 Å². The van der Waals surface area contributed by atoms with Gasteiger partial charge in [-0.1, -0.05) is 117 Å². The molecule has 12 amide bonds. The summed E-state index contributed by atoms with van der Waals surface area (Å²) in [5.74, 6) is -5.75. The van der Waals surface area contributed by atoms with E-state index in [0.29, 0.717) is 48.3 Å². The number of methoxy groups -OCH3 is 2. The van der Waals surface area contributed by atoms with Crippen molar-refractivity contribution in [2.24, 2.45) is 40.7 Å². The van der Waals surface area contributed by atoms with Gasteiger partial charge in [-0.2, -0.15) is 0 Å². The Kier molecular flexibility index (Phi) is 35.1. The number of β-amino-alcohol motifs (C(OH)–C–C–N with tert-alkyl or cyclic N) is 1. The Labute approximate surface area is 629 Å². The molecule has 2 aliphatic heterocycles. The van der Waals surface area contributed by atoms with Gasteiger partial charge in [-0.05, 0) is 125 Å². The number of rotatable bonds is 44. The number of aliphatic hydroxyl groups excluding tert-OH is 1. The van der Waals surface area contributed by atoms with Crippen LogP contribution in [0.15, 0.2) is 48.5 Å². The lowest BCUT2D eigenvalue weighted by Gasteiger charge is -2.41. The molecule has 3 fully saturated rings. The lowest BCUT2D eigenvalue weighted by molar-refractivity contribution is -0.148. The maximum atomic E-state index is 14.7. The number of urea groups is 1. The highest BCUT2D eigenvalue weighted by atomic mass is 32.2. The van der Waals surface area contributed by atoms with Crippen LogP contribution in [0.4, 0.5) is 15.3 Å². The third kappa shape index (κ3) is 26.2. The molecule has 2 aromatic rings. The number of hydrogen-bond acceptors (Lipinski definition) is 18. The van der Waals surface area contributed by atoms with Crippen LogP contribution < -0.4 is 43.0 Å². The molecule has 5 rings (SSSR count). The van der Waals surface area contributed by atoms with Gasteiger partial charge in [0, 0.05) is 65.2 Å². The van der Waals surface area contributed by atoms with Crippen molar-refractivity contribution in [3.63, 3.8) is 0 Å². The highest BCUT2D eigenvalue weighted by Crippen LogP contribution is 2.52. The van der Waals surface area contributed by atoms with Crippen LogP contribution in [0.2, 0.25) is 0 Å². The van der Waals surface area contributed by atoms with Crippen LogP contribution in [0.1, 0.15) is 175 Å². The van der Waals surface area contributed by atoms with Crippen molar-refractivity contribution in [1.82, 2.24) is 51.5 Å². The number of alkyl carbamates (subject to hydrolysis) is 1. The minimum atomic E-state index is -1.14. The van der Waals surface area contributed by atoms with E-state index in [9.17, 15) is 67.7 Å². The van der Waals surface area contributed by atoms with Crippen LogP contribution in [0.25, 0.3) is 0 Å². The quantitative estimate of drug-likeness (QED) is 0.0278. The van der Waals surface area contributed by atoms with E-state index >= 15 is 0 Å². The van der Waals surface area contributed by atoms with E-state index in [1.165, 1.54) is 35.8 Å². The number of carboxylic acids is 1. The Bertz CT molecular complexity index is 3290. The molecule has 1 saturated carbocycles. The molecule has 2 saturated heterocycles. The first-order valence-corrected chi connectivity index (χ1v) is 38.3. The number of hydrogen-bond donors (Lipinski definition) is 10. The molecule has 106 heavy (non-hydrogen) atoms. The summed E-state index contributed by atoms with van der Waals surface area (Å²) in [7, 11) is 8.23. The van der Waals surface area contributed by atoms with Crippen molar-refractivity contribution in [1.29, 1.82) is 0 Å². The number of ether oxygens (including phenoxy) is 3. The second-order valence-corrected chi connectivity index (χ2v) is 31.5. The Morgan fingerprint density at radius 1 is 0.755 bits per heavy atom. The van der Waals surface area contributed by atoms with E-state index in [1.807, 2.05) is 91.7 Å². The summed E-state index contributed by atoms with van der Waals surface area (Å²) in [5, 5.41) is 39.7. The number of aliphatic hydroxyl groups is 1. The van der Waals surface area contributed by atoms with Crippen LogP contribution in [-0.4, -0.2) is 228 Å². The molecule has 30 heteroatoms. The highest BCUT2D eigenvalue weighted by molar-refractivity contribution is 8.00. The molecule has 0 spiro atoms. The van der Waals surface area contributed by atoms with Crippen LogP contribution in [-0.2, 0) is 68.8 Å². The SMILES string of the molecule is CC[C@H](C)C([C@@H](CC(=O)N1C[C@@H](O)C[C@H]1[C@H](OC)[C@@H](C)C(=O)N[C@H](C)C(NC(=O)OCc1ccc(NC(=O)C(CCCNC(N)=O)NC(=O)[C@@H](NC(=O)CCCCCN2C(=O)CC(SCC3(CC(=O)O)CC3)C2=O)C(C)C)cc1)c1ccc(C)cc1)OC)N(C)C(=O)[C@@H](NC(=O)[C@H](C(C)C)N(C)C)C(C)C. The summed E-state index contributed by atoms with van der Waals surface area (Å²) in [6.07, 6.45) is 0.499. The molecule has 0 bridgehead atoms. The number of thioether (sulfide) groups is 1. The first-order chi connectivity index (χ1) is 50.0. The summed E-state index contributed by atoms with van der Waals surface area (Å²) in [4.78, 5) is 167. The first kappa shape index (κ1) is 88.7. The second kappa shape index (κ2) is 42.0. The number of imide groups is 1. The number of anilines is 1. The molecule has 4 unspecified atom stereocenters. The van der Waals surface area contributed by atoms with Gasteiger partial charge in [-0.15, -0.1) is 11.8 Å². The number of nitrogens with two attached hydrogens (primary N) is 1. The topological polar surface area (TPSA) is 396 Å². The van der Waals surface area contributed by atoms with Gasteiger partial charge in [0.05, 0.1) is 72.5 Å². The van der Waals surface area contributed by atoms with Gasteiger partial charge in [0.1, 0.15) is 24.7 Å². The molecular formula is C76H120N12O17S. The van der Waals surface area contributed by atoms with Gasteiger partial charge in [0.25, 0.3) is 0 Å². The average Bonchev–Trinajstić information content (AvgIpc) is 1.55. The van der Waals surface area contributed by atoms with E-state index < -0.39 is 125 Å². The predicted octanol–water partition coefficient (Wildman–Crippen LogP) is 5.77. The zero-order valence-corrected chi connectivity index (χ0v) is 65.8. The number of primary amides is 1. The minimum Gasteiger partial charge on any atom is -0.481 e. The number of likely N-dealkylation sites (tertiary alicyclic amines) is 2. The van der Waals surface area contributed by atoms with Crippen molar-refractivity contribution in [2.75, 3.05) is 66.1 Å². The number of benzene rings is 2. The molecule has 0 aromatic heterocycles. The number of aryl methyl sites for hydroxylation is 1. The number of likely N-dealkylation sites (N-methyl/N-ethyl adjacent to an activating group) is 2. The van der Waals surface area contributed by atoms with Crippen molar-refractivity contribution >= 4 is 88.7 Å². The fraction of sp³-hybridized carbons (Fsp3) is 0.684. The third-order valence-electron chi connectivity index (χ3n) is 20.6. The molecule has 3 aliphatic rings. The average molecular weight is 1510 g/mol. The number of amides is 12. The molecule has 2 aromatic carbocycles. The Hall–Kier alpha value is -7.93. The smallest absolute Gasteiger partial charge is 0.408 e. The number of carbonyl (C=O) groups excluding carboxylic acids is 11. The normalized spacial score (nSPS) is 19.4. The fourth-order valence-corrected chi connectivity index (χ4v) is 15.6. The van der Waals surface area contributed by atoms with Crippen molar-refractivity contribution in [3.8, 4) is 0 Å². The largest absolute Gasteiger partial charge is 0.481 e.